The van der Waals surface area contributed by atoms with E-state index in [4.69, 9.17) is 11.6 Å². The number of rotatable bonds is 3. The minimum absolute atomic E-state index is 0.0988. The Labute approximate surface area is 115 Å². The maximum Gasteiger partial charge on any atom is 0.199 e. The Kier molecular flexibility index (Phi) is 3.81. The first-order valence-electron chi connectivity index (χ1n) is 5.63. The average Bonchev–Trinajstić information content (AvgIpc) is 2.38. The second-order valence-corrected chi connectivity index (χ2v) is 4.63. The van der Waals surface area contributed by atoms with Gasteiger partial charge in [-0.2, -0.15) is 0 Å². The predicted molar refractivity (Wildman–Crippen MR) is 73.4 cm³/mol. The minimum Gasteiger partial charge on any atom is -0.363 e. The van der Waals surface area contributed by atoms with Crippen LogP contribution in [0.15, 0.2) is 36.5 Å². The molecule has 0 saturated heterocycles. The molecule has 0 fully saturated rings. The minimum atomic E-state index is -0.630. The van der Waals surface area contributed by atoms with E-state index in [1.165, 1.54) is 24.4 Å². The molecular formula is C14H12ClFN2O. The highest BCUT2D eigenvalue weighted by Crippen LogP contribution is 2.22. The molecule has 0 saturated carbocycles. The summed E-state index contributed by atoms with van der Waals surface area (Å²) < 4.78 is 13.7. The number of aromatic nitrogens is 1. The number of nitrogens with zero attached hydrogens (tertiary/aromatic N) is 2. The lowest BCUT2D eigenvalue weighted by Crippen LogP contribution is -2.11. The quantitative estimate of drug-likeness (QED) is 0.809. The number of carbonyl (C=O) groups excluding carboxylic acids is 1. The van der Waals surface area contributed by atoms with E-state index in [-0.39, 0.29) is 10.6 Å². The lowest BCUT2D eigenvalue weighted by Gasteiger charge is -2.11. The molecule has 98 valence electrons. The zero-order chi connectivity index (χ0) is 14.0. The lowest BCUT2D eigenvalue weighted by molar-refractivity contribution is 0.103. The Morgan fingerprint density at radius 1 is 1.26 bits per heavy atom. The van der Waals surface area contributed by atoms with Crippen LogP contribution in [0.3, 0.4) is 0 Å². The van der Waals surface area contributed by atoms with Crippen LogP contribution < -0.4 is 4.90 Å². The molecule has 2 rings (SSSR count). The maximum atomic E-state index is 13.7. The summed E-state index contributed by atoms with van der Waals surface area (Å²) in [4.78, 5) is 18.1. The van der Waals surface area contributed by atoms with E-state index in [1.807, 2.05) is 19.0 Å². The van der Waals surface area contributed by atoms with Crippen molar-refractivity contribution in [3.63, 3.8) is 0 Å². The number of hydrogen-bond acceptors (Lipinski definition) is 3. The highest BCUT2D eigenvalue weighted by atomic mass is 35.5. The first kappa shape index (κ1) is 13.5. The van der Waals surface area contributed by atoms with E-state index >= 15 is 0 Å². The van der Waals surface area contributed by atoms with Gasteiger partial charge in [0, 0.05) is 25.9 Å². The van der Waals surface area contributed by atoms with Crippen LogP contribution in [0.1, 0.15) is 15.9 Å². The SMILES string of the molecule is CN(C)c1ccc(C(=O)c2c(F)cccc2Cl)cn1. The van der Waals surface area contributed by atoms with Crippen LogP contribution in [0.2, 0.25) is 5.02 Å². The third-order valence-corrected chi connectivity index (χ3v) is 2.97. The summed E-state index contributed by atoms with van der Waals surface area (Å²) >= 11 is 5.87. The van der Waals surface area contributed by atoms with E-state index in [0.717, 1.165) is 5.82 Å². The van der Waals surface area contributed by atoms with Crippen LogP contribution in [0.5, 0.6) is 0 Å². The van der Waals surface area contributed by atoms with Crippen LogP contribution in [-0.2, 0) is 0 Å². The van der Waals surface area contributed by atoms with Crippen molar-refractivity contribution in [3.05, 3.63) is 58.5 Å². The van der Waals surface area contributed by atoms with Crippen molar-refractivity contribution in [2.24, 2.45) is 0 Å². The highest BCUT2D eigenvalue weighted by molar-refractivity contribution is 6.35. The molecular weight excluding hydrogens is 267 g/mol. The Balaban J connectivity index is 2.39. The van der Waals surface area contributed by atoms with Crippen molar-refractivity contribution in [2.45, 2.75) is 0 Å². The molecule has 0 aliphatic carbocycles. The van der Waals surface area contributed by atoms with Gasteiger partial charge in [-0.3, -0.25) is 4.79 Å². The summed E-state index contributed by atoms with van der Waals surface area (Å²) in [6, 6.07) is 7.46. The fraction of sp³-hybridized carbons (Fsp3) is 0.143. The lowest BCUT2D eigenvalue weighted by atomic mass is 10.0. The first-order valence-corrected chi connectivity index (χ1v) is 6.00. The standard InChI is InChI=1S/C14H12ClFN2O/c1-18(2)12-7-6-9(8-17-12)14(19)13-10(15)4-3-5-11(13)16/h3-8H,1-2H3. The fourth-order valence-corrected chi connectivity index (χ4v) is 1.89. The van der Waals surface area contributed by atoms with Gasteiger partial charge in [0.15, 0.2) is 5.78 Å². The molecule has 5 heteroatoms. The summed E-state index contributed by atoms with van der Waals surface area (Å²) in [6.07, 6.45) is 1.42. The summed E-state index contributed by atoms with van der Waals surface area (Å²) in [7, 11) is 3.69. The first-order chi connectivity index (χ1) is 9.00. The smallest absolute Gasteiger partial charge is 0.199 e. The van der Waals surface area contributed by atoms with Gasteiger partial charge in [-0.15, -0.1) is 0 Å². The van der Waals surface area contributed by atoms with Crippen molar-refractivity contribution in [3.8, 4) is 0 Å². The van der Waals surface area contributed by atoms with Crippen LogP contribution in [0, 0.1) is 5.82 Å². The van der Waals surface area contributed by atoms with Gasteiger partial charge in [-0.05, 0) is 24.3 Å². The number of pyridine rings is 1. The second kappa shape index (κ2) is 5.36. The third-order valence-electron chi connectivity index (χ3n) is 2.66. The molecule has 0 aliphatic heterocycles. The van der Waals surface area contributed by atoms with Crippen molar-refractivity contribution in [1.29, 1.82) is 0 Å². The zero-order valence-corrected chi connectivity index (χ0v) is 11.3. The van der Waals surface area contributed by atoms with Crippen LogP contribution in [0.4, 0.5) is 10.2 Å². The topological polar surface area (TPSA) is 33.2 Å². The molecule has 3 nitrogen and oxygen atoms in total. The molecule has 0 bridgehead atoms. The zero-order valence-electron chi connectivity index (χ0n) is 10.5. The molecule has 0 atom stereocenters. The van der Waals surface area contributed by atoms with Crippen LogP contribution >= 0.6 is 11.6 Å². The van der Waals surface area contributed by atoms with Gasteiger partial charge in [0.1, 0.15) is 11.6 Å². The van der Waals surface area contributed by atoms with Crippen LogP contribution in [-0.4, -0.2) is 24.9 Å². The van der Waals surface area contributed by atoms with E-state index < -0.39 is 11.6 Å². The molecule has 0 amide bonds. The van der Waals surface area contributed by atoms with Crippen molar-refractivity contribution < 1.29 is 9.18 Å². The van der Waals surface area contributed by atoms with Gasteiger partial charge in [0.05, 0.1) is 10.6 Å². The molecule has 1 aromatic carbocycles. The number of carbonyl (C=O) groups is 1. The number of hydrogen-bond donors (Lipinski definition) is 0. The number of halogens is 2. The highest BCUT2D eigenvalue weighted by Gasteiger charge is 2.17. The molecule has 2 aromatic rings. The Hall–Kier alpha value is -1.94. The average molecular weight is 279 g/mol. The molecule has 0 radical (unpaired) electrons. The van der Waals surface area contributed by atoms with E-state index in [2.05, 4.69) is 4.98 Å². The van der Waals surface area contributed by atoms with Gasteiger partial charge < -0.3 is 4.90 Å². The molecule has 0 unspecified atom stereocenters. The monoisotopic (exact) mass is 278 g/mol. The van der Waals surface area contributed by atoms with Gasteiger partial charge in [0.2, 0.25) is 0 Å². The van der Waals surface area contributed by atoms with Gasteiger partial charge in [-0.1, -0.05) is 17.7 Å². The van der Waals surface area contributed by atoms with Gasteiger partial charge in [0.25, 0.3) is 0 Å². The maximum absolute atomic E-state index is 13.7. The fourth-order valence-electron chi connectivity index (χ4n) is 1.64. The normalized spacial score (nSPS) is 10.3. The van der Waals surface area contributed by atoms with Crippen molar-refractivity contribution in [2.75, 3.05) is 19.0 Å². The molecule has 19 heavy (non-hydrogen) atoms. The second-order valence-electron chi connectivity index (χ2n) is 4.23. The Morgan fingerprint density at radius 2 is 2.00 bits per heavy atom. The molecule has 0 N–H and O–H groups in total. The van der Waals surface area contributed by atoms with E-state index in [0.29, 0.717) is 5.56 Å². The Bertz CT molecular complexity index is 591. The summed E-state index contributed by atoms with van der Waals surface area (Å²) in [5.74, 6) is -0.383. The van der Waals surface area contributed by atoms with Gasteiger partial charge >= 0.3 is 0 Å². The molecule has 0 aliphatic rings. The van der Waals surface area contributed by atoms with E-state index in [1.54, 1.807) is 12.1 Å². The summed E-state index contributed by atoms with van der Waals surface area (Å²) in [5.41, 5.74) is 0.182. The number of benzene rings is 1. The van der Waals surface area contributed by atoms with Crippen LogP contribution in [0.25, 0.3) is 0 Å². The van der Waals surface area contributed by atoms with Gasteiger partial charge in [-0.25, -0.2) is 9.37 Å². The Morgan fingerprint density at radius 3 is 2.53 bits per heavy atom. The van der Waals surface area contributed by atoms with Crippen molar-refractivity contribution in [1.82, 2.24) is 4.98 Å². The van der Waals surface area contributed by atoms with E-state index in [9.17, 15) is 9.18 Å². The number of anilines is 1. The molecule has 1 heterocycles. The number of ketones is 1. The van der Waals surface area contributed by atoms with Crippen molar-refractivity contribution >= 4 is 23.2 Å². The summed E-state index contributed by atoms with van der Waals surface area (Å²) in [6.45, 7) is 0. The molecule has 1 aromatic heterocycles. The predicted octanol–water partition coefficient (Wildman–Crippen LogP) is 3.17. The third kappa shape index (κ3) is 2.74. The molecule has 0 spiro atoms. The summed E-state index contributed by atoms with van der Waals surface area (Å²) in [5, 5.41) is 0.0988. The largest absolute Gasteiger partial charge is 0.363 e.